The molecule has 3 heterocycles. The number of carbonyl (C=O) groups is 3. The zero-order valence-corrected chi connectivity index (χ0v) is 23.4. The minimum Gasteiger partial charge on any atom is -0.478 e. The Balaban J connectivity index is 0.000000368. The van der Waals surface area contributed by atoms with E-state index in [1.165, 1.54) is 48.0 Å². The number of thioether (sulfide) groups is 1. The molecule has 1 aromatic heterocycles. The molecule has 0 bridgehead atoms. The van der Waals surface area contributed by atoms with Gasteiger partial charge in [0.25, 0.3) is 0 Å². The highest BCUT2D eigenvalue weighted by Crippen LogP contribution is 2.46. The molecule has 2 saturated heterocycles. The van der Waals surface area contributed by atoms with Gasteiger partial charge in [0.05, 0.1) is 16.3 Å². The van der Waals surface area contributed by atoms with Gasteiger partial charge in [-0.1, -0.05) is 37.5 Å². The van der Waals surface area contributed by atoms with Crippen LogP contribution in [0.4, 0.5) is 5.69 Å². The van der Waals surface area contributed by atoms with Crippen LogP contribution in [0.2, 0.25) is 0 Å². The second-order valence-corrected chi connectivity index (χ2v) is 12.3. The maximum atomic E-state index is 12.9. The van der Waals surface area contributed by atoms with Gasteiger partial charge in [-0.2, -0.15) is 0 Å². The van der Waals surface area contributed by atoms with Crippen LogP contribution in [0.5, 0.6) is 0 Å². The van der Waals surface area contributed by atoms with E-state index in [9.17, 15) is 14.4 Å². The summed E-state index contributed by atoms with van der Waals surface area (Å²) in [5, 5.41) is 19.4. The molecule has 1 saturated carbocycles. The summed E-state index contributed by atoms with van der Waals surface area (Å²) in [6, 6.07) is 8.75. The fourth-order valence-corrected chi connectivity index (χ4v) is 7.91. The first-order valence-electron chi connectivity index (χ1n) is 13.4. The molecule has 3 aliphatic rings. The molecule has 38 heavy (non-hydrogen) atoms. The predicted octanol–water partition coefficient (Wildman–Crippen LogP) is 4.75. The summed E-state index contributed by atoms with van der Waals surface area (Å²) >= 11 is 3.79. The van der Waals surface area contributed by atoms with E-state index in [2.05, 4.69) is 44.3 Å². The van der Waals surface area contributed by atoms with E-state index < -0.39 is 11.9 Å². The summed E-state index contributed by atoms with van der Waals surface area (Å²) in [5.74, 6) is -1.14. The molecule has 1 aromatic carbocycles. The van der Waals surface area contributed by atoms with Crippen molar-refractivity contribution in [2.45, 2.75) is 49.7 Å². The van der Waals surface area contributed by atoms with Crippen molar-refractivity contribution in [2.24, 2.45) is 0 Å². The zero-order valence-electron chi connectivity index (χ0n) is 21.7. The van der Waals surface area contributed by atoms with Gasteiger partial charge in [-0.15, -0.1) is 23.1 Å². The lowest BCUT2D eigenvalue weighted by Crippen LogP contribution is -2.46. The second-order valence-electron chi connectivity index (χ2n) is 10.1. The first kappa shape index (κ1) is 28.4. The van der Waals surface area contributed by atoms with E-state index in [0.29, 0.717) is 18.1 Å². The second kappa shape index (κ2) is 13.5. The number of anilines is 1. The molecule has 0 unspecified atom stereocenters. The fraction of sp³-hybridized carbons (Fsp3) is 0.536. The van der Waals surface area contributed by atoms with E-state index in [1.807, 2.05) is 23.1 Å². The third-order valence-electron chi connectivity index (χ3n) is 7.53. The lowest BCUT2D eigenvalue weighted by atomic mass is 9.87. The summed E-state index contributed by atoms with van der Waals surface area (Å²) in [4.78, 5) is 39.3. The van der Waals surface area contributed by atoms with E-state index in [0.717, 1.165) is 57.9 Å². The van der Waals surface area contributed by atoms with Crippen molar-refractivity contribution in [3.8, 4) is 0 Å². The molecule has 10 heteroatoms. The van der Waals surface area contributed by atoms with Crippen molar-refractivity contribution < 1.29 is 24.6 Å². The van der Waals surface area contributed by atoms with Gasteiger partial charge in [0, 0.05) is 60.3 Å². The Labute approximate surface area is 232 Å². The quantitative estimate of drug-likeness (QED) is 0.353. The maximum Gasteiger partial charge on any atom is 0.328 e. The highest BCUT2D eigenvalue weighted by molar-refractivity contribution is 8.01. The van der Waals surface area contributed by atoms with Crippen molar-refractivity contribution in [1.29, 1.82) is 0 Å². The molecule has 5 rings (SSSR count). The normalized spacial score (nSPS) is 19.7. The van der Waals surface area contributed by atoms with E-state index in [4.69, 9.17) is 10.2 Å². The van der Waals surface area contributed by atoms with Crippen molar-refractivity contribution in [3.63, 3.8) is 0 Å². The standard InChI is InChI=1S/C24H33N3OS2.C4H4O4/c28-23-24(10-4-1-5-11-24)30-19-27(23)13-7-6-12-25-14-16-26(17-15-25)21-18-29-22-9-3-2-8-20(21)22;5-3(6)1-2-4(7)8/h2-3,8-9,18H,1,4-7,10-17,19H2;1-2H,(H,5,6)(H,7,8). The van der Waals surface area contributed by atoms with Gasteiger partial charge >= 0.3 is 11.9 Å². The van der Waals surface area contributed by atoms with Gasteiger partial charge in [-0.3, -0.25) is 9.69 Å². The smallest absolute Gasteiger partial charge is 0.328 e. The van der Waals surface area contributed by atoms with Crippen LogP contribution >= 0.6 is 23.1 Å². The molecule has 1 aliphatic carbocycles. The Kier molecular flexibility index (Phi) is 10.1. The molecule has 1 amide bonds. The monoisotopic (exact) mass is 559 g/mol. The largest absolute Gasteiger partial charge is 0.478 e. The number of benzene rings is 1. The molecule has 2 aromatic rings. The third kappa shape index (κ3) is 7.30. The van der Waals surface area contributed by atoms with Gasteiger partial charge in [0.1, 0.15) is 0 Å². The number of thiophene rings is 1. The van der Waals surface area contributed by atoms with Gasteiger partial charge in [-0.05, 0) is 38.3 Å². The lowest BCUT2D eigenvalue weighted by Gasteiger charge is -2.36. The Morgan fingerprint density at radius 3 is 2.26 bits per heavy atom. The number of hydrogen-bond donors (Lipinski definition) is 2. The van der Waals surface area contributed by atoms with Crippen LogP contribution in [0.1, 0.15) is 44.9 Å². The molecule has 3 fully saturated rings. The predicted molar refractivity (Wildman–Crippen MR) is 154 cm³/mol. The molecule has 2 aliphatic heterocycles. The number of carboxylic acids is 2. The summed E-state index contributed by atoms with van der Waals surface area (Å²) in [6.45, 7) is 6.64. The first-order chi connectivity index (χ1) is 18.4. The maximum absolute atomic E-state index is 12.9. The van der Waals surface area contributed by atoms with Crippen molar-refractivity contribution in [2.75, 3.05) is 50.0 Å². The number of aliphatic carboxylic acids is 2. The third-order valence-corrected chi connectivity index (χ3v) is 10.1. The van der Waals surface area contributed by atoms with E-state index in [1.54, 1.807) is 0 Å². The minimum absolute atomic E-state index is 0.0413. The van der Waals surface area contributed by atoms with Crippen LogP contribution < -0.4 is 4.90 Å². The van der Waals surface area contributed by atoms with Crippen molar-refractivity contribution in [3.05, 3.63) is 41.8 Å². The number of unbranched alkanes of at least 4 members (excludes halogenated alkanes) is 1. The Morgan fingerprint density at radius 2 is 1.58 bits per heavy atom. The van der Waals surface area contributed by atoms with Crippen LogP contribution in [0, 0.1) is 0 Å². The summed E-state index contributed by atoms with van der Waals surface area (Å²) in [5.41, 5.74) is 1.41. The number of carbonyl (C=O) groups excluding carboxylic acids is 1. The minimum atomic E-state index is -1.26. The highest BCUT2D eigenvalue weighted by atomic mass is 32.2. The Hall–Kier alpha value is -2.56. The zero-order chi connectivity index (χ0) is 27.0. The van der Waals surface area contributed by atoms with Crippen LogP contribution in [0.25, 0.3) is 10.1 Å². The van der Waals surface area contributed by atoms with E-state index in [-0.39, 0.29) is 4.75 Å². The van der Waals surface area contributed by atoms with Gasteiger partial charge in [0.15, 0.2) is 0 Å². The molecule has 8 nitrogen and oxygen atoms in total. The van der Waals surface area contributed by atoms with Crippen LogP contribution in [0.15, 0.2) is 41.8 Å². The molecule has 0 radical (unpaired) electrons. The van der Waals surface area contributed by atoms with Crippen molar-refractivity contribution >= 4 is 56.7 Å². The first-order valence-corrected chi connectivity index (χ1v) is 15.3. The Bertz CT molecular complexity index is 1120. The number of rotatable bonds is 8. The molecular formula is C28H37N3O5S2. The topological polar surface area (TPSA) is 101 Å². The van der Waals surface area contributed by atoms with Gasteiger partial charge in [0.2, 0.25) is 5.91 Å². The number of amides is 1. The van der Waals surface area contributed by atoms with Crippen LogP contribution in [-0.4, -0.2) is 87.8 Å². The number of carboxylic acid groups (broad SMARTS) is 2. The molecular weight excluding hydrogens is 522 g/mol. The van der Waals surface area contributed by atoms with Crippen molar-refractivity contribution in [1.82, 2.24) is 9.80 Å². The summed E-state index contributed by atoms with van der Waals surface area (Å²) in [6.07, 6.45) is 9.45. The summed E-state index contributed by atoms with van der Waals surface area (Å²) < 4.78 is 1.35. The van der Waals surface area contributed by atoms with E-state index >= 15 is 0 Å². The molecule has 1 spiro atoms. The molecule has 206 valence electrons. The van der Waals surface area contributed by atoms with Gasteiger partial charge in [-0.25, -0.2) is 9.59 Å². The number of piperazine rings is 1. The van der Waals surface area contributed by atoms with Crippen LogP contribution in [0.3, 0.4) is 0 Å². The number of fused-ring (bicyclic) bond motifs is 1. The SMILES string of the molecule is O=C(O)C=CC(=O)O.O=C1N(CCCCN2CCN(c3csc4ccccc34)CC2)CSC12CCCCC2. The molecule has 2 N–H and O–H groups in total. The average molecular weight is 560 g/mol. The van der Waals surface area contributed by atoms with Gasteiger partial charge < -0.3 is 20.0 Å². The number of hydrogen-bond acceptors (Lipinski definition) is 7. The average Bonchev–Trinajstić information content (AvgIpc) is 3.48. The summed E-state index contributed by atoms with van der Waals surface area (Å²) in [7, 11) is 0. The lowest BCUT2D eigenvalue weighted by molar-refractivity contribution is -0.134. The Morgan fingerprint density at radius 1 is 0.921 bits per heavy atom. The molecule has 0 atom stereocenters. The number of nitrogens with zero attached hydrogens (tertiary/aromatic N) is 3. The van der Waals surface area contributed by atoms with Crippen LogP contribution in [-0.2, 0) is 14.4 Å². The fourth-order valence-electron chi connectivity index (χ4n) is 5.46. The highest BCUT2D eigenvalue weighted by Gasteiger charge is 2.47.